The number of nitrogens with zero attached hydrogens (tertiary/aromatic N) is 3. The van der Waals surface area contributed by atoms with E-state index in [1.807, 2.05) is 0 Å². The smallest absolute Gasteiger partial charge is 0.405 e. The van der Waals surface area contributed by atoms with E-state index >= 15 is 0 Å². The monoisotopic (exact) mass is 508 g/mol. The third-order valence-corrected chi connectivity index (χ3v) is 6.96. The lowest BCUT2D eigenvalue weighted by atomic mass is 9.85. The fourth-order valence-corrected chi connectivity index (χ4v) is 5.07. The summed E-state index contributed by atoms with van der Waals surface area (Å²) in [7, 11) is 1.28. The predicted molar refractivity (Wildman–Crippen MR) is 130 cm³/mol. The van der Waals surface area contributed by atoms with Crippen LogP contribution in [0.4, 0.5) is 30.4 Å². The quantitative estimate of drug-likeness (QED) is 0.403. The van der Waals surface area contributed by atoms with Gasteiger partial charge in [-0.25, -0.2) is 9.82 Å². The number of alkyl halides is 3. The van der Waals surface area contributed by atoms with E-state index in [4.69, 9.17) is 4.84 Å². The Hall–Kier alpha value is -3.08. The van der Waals surface area contributed by atoms with Crippen LogP contribution in [0, 0.1) is 10.8 Å². The average Bonchev–Trinajstić information content (AvgIpc) is 3.41. The average molecular weight is 509 g/mol. The van der Waals surface area contributed by atoms with Crippen LogP contribution in [-0.2, 0) is 11.4 Å². The zero-order valence-electron chi connectivity index (χ0n) is 20.4. The number of para-hydroxylation sites is 1. The molecular formula is C25H33F3N5O3+. The van der Waals surface area contributed by atoms with E-state index in [-0.39, 0.29) is 18.0 Å². The van der Waals surface area contributed by atoms with Crippen LogP contribution < -0.4 is 15.4 Å². The highest BCUT2D eigenvalue weighted by Crippen LogP contribution is 2.32. The number of pyridine rings is 1. The molecule has 2 aliphatic rings. The molecule has 8 nitrogen and oxygen atoms in total. The first kappa shape index (κ1) is 26.0. The molecule has 0 atom stereocenters. The topological polar surface area (TPSA) is 78.7 Å². The minimum atomic E-state index is -4.78. The molecule has 0 spiro atoms. The Morgan fingerprint density at radius 2 is 1.83 bits per heavy atom. The number of hydrogen-bond acceptors (Lipinski definition) is 7. The molecular weight excluding hydrogens is 475 g/mol. The molecule has 36 heavy (non-hydrogen) atoms. The van der Waals surface area contributed by atoms with Crippen LogP contribution >= 0.6 is 0 Å². The molecule has 0 amide bonds. The lowest BCUT2D eigenvalue weighted by Gasteiger charge is -2.34. The SMILES string of the molecule is CO[N+](=O)c1cnc(NCc2ccccc2OC(F)(F)F)cc1NCC1CCC(N2CCCC2)CC1. The standard InChI is InChI=1S/C25H33F3N5O3/c1-35-33(34)22-17-31-24(30-16-19-6-2-3-7-23(19)36-25(26,27)28)14-21(22)29-15-18-8-10-20(11-9-18)32-12-4-5-13-32/h2-3,6-7,14,17-18,20H,4-5,8-13,15-16H2,1H3,(H2,29,30,31)/q+1. The van der Waals surface area contributed by atoms with E-state index in [9.17, 15) is 18.1 Å². The second kappa shape index (κ2) is 11.8. The van der Waals surface area contributed by atoms with Gasteiger partial charge in [0.25, 0.3) is 4.92 Å². The molecule has 2 fully saturated rings. The summed E-state index contributed by atoms with van der Waals surface area (Å²) in [5.74, 6) is 0.628. The van der Waals surface area contributed by atoms with Crippen LogP contribution in [0.3, 0.4) is 0 Å². The van der Waals surface area contributed by atoms with Crippen molar-refractivity contribution in [1.82, 2.24) is 9.88 Å². The molecule has 4 rings (SSSR count). The fraction of sp³-hybridized carbons (Fsp3) is 0.560. The van der Waals surface area contributed by atoms with E-state index < -0.39 is 6.36 Å². The Bertz CT molecular complexity index is 1020. The normalized spacial score (nSPS) is 20.7. The van der Waals surface area contributed by atoms with Gasteiger partial charge in [-0.2, -0.15) is 0 Å². The third-order valence-electron chi connectivity index (χ3n) is 6.96. The van der Waals surface area contributed by atoms with Crippen molar-refractivity contribution in [2.45, 2.75) is 57.5 Å². The Kier molecular flexibility index (Phi) is 8.50. The van der Waals surface area contributed by atoms with Gasteiger partial charge < -0.3 is 20.3 Å². The molecule has 2 heterocycles. The number of hydrogen-bond donors (Lipinski definition) is 2. The molecule has 0 radical (unpaired) electrons. The molecule has 1 aromatic carbocycles. The summed E-state index contributed by atoms with van der Waals surface area (Å²) in [6.45, 7) is 3.20. The van der Waals surface area contributed by atoms with E-state index in [1.54, 1.807) is 18.2 Å². The third kappa shape index (κ3) is 6.99. The lowest BCUT2D eigenvalue weighted by molar-refractivity contribution is -0.736. The fourth-order valence-electron chi connectivity index (χ4n) is 5.07. The number of likely N-dealkylation sites (tertiary alicyclic amines) is 1. The van der Waals surface area contributed by atoms with Crippen LogP contribution in [0.1, 0.15) is 44.1 Å². The zero-order valence-corrected chi connectivity index (χ0v) is 20.4. The molecule has 1 saturated carbocycles. The van der Waals surface area contributed by atoms with E-state index in [1.165, 1.54) is 64.2 Å². The van der Waals surface area contributed by atoms with Crippen molar-refractivity contribution in [2.24, 2.45) is 5.92 Å². The maximum absolute atomic E-state index is 12.7. The van der Waals surface area contributed by atoms with Crippen molar-refractivity contribution in [1.29, 1.82) is 0 Å². The molecule has 2 aromatic rings. The Morgan fingerprint density at radius 3 is 2.53 bits per heavy atom. The number of benzene rings is 1. The lowest BCUT2D eigenvalue weighted by Crippen LogP contribution is -2.37. The molecule has 1 aliphatic heterocycles. The molecule has 11 heteroatoms. The van der Waals surface area contributed by atoms with Gasteiger partial charge >= 0.3 is 12.0 Å². The Labute approximate surface area is 208 Å². The van der Waals surface area contributed by atoms with Crippen LogP contribution in [0.2, 0.25) is 0 Å². The number of ether oxygens (including phenoxy) is 1. The van der Waals surface area contributed by atoms with Gasteiger partial charge in [0.15, 0.2) is 7.11 Å². The maximum atomic E-state index is 12.7. The van der Waals surface area contributed by atoms with Crippen molar-refractivity contribution in [3.8, 4) is 5.75 Å². The first-order valence-electron chi connectivity index (χ1n) is 12.4. The van der Waals surface area contributed by atoms with Gasteiger partial charge in [0.2, 0.25) is 0 Å². The minimum Gasteiger partial charge on any atom is -0.405 e. The highest BCUT2D eigenvalue weighted by atomic mass is 19.4. The van der Waals surface area contributed by atoms with E-state index in [0.29, 0.717) is 40.5 Å². The van der Waals surface area contributed by atoms with Crippen molar-refractivity contribution in [3.63, 3.8) is 0 Å². The summed E-state index contributed by atoms with van der Waals surface area (Å²) < 4.78 is 42.3. The Balaban J connectivity index is 1.38. The predicted octanol–water partition coefficient (Wildman–Crippen LogP) is 5.63. The summed E-state index contributed by atoms with van der Waals surface area (Å²) in [6.07, 6.45) is 3.83. The van der Waals surface area contributed by atoms with Crippen molar-refractivity contribution in [2.75, 3.05) is 37.4 Å². The molecule has 0 unspecified atom stereocenters. The van der Waals surface area contributed by atoms with Gasteiger partial charge in [-0.3, -0.25) is 0 Å². The van der Waals surface area contributed by atoms with Gasteiger partial charge in [-0.15, -0.1) is 13.2 Å². The van der Waals surface area contributed by atoms with Crippen LogP contribution in [0.25, 0.3) is 0 Å². The van der Waals surface area contributed by atoms with E-state index in [0.717, 1.165) is 12.8 Å². The molecule has 1 saturated heterocycles. The van der Waals surface area contributed by atoms with Gasteiger partial charge in [0.05, 0.1) is 4.91 Å². The number of aromatic nitrogens is 1. The van der Waals surface area contributed by atoms with Crippen molar-refractivity contribution < 1.29 is 27.7 Å². The van der Waals surface area contributed by atoms with E-state index in [2.05, 4.69) is 25.3 Å². The molecule has 0 bridgehead atoms. The molecule has 1 aromatic heterocycles. The Morgan fingerprint density at radius 1 is 1.11 bits per heavy atom. The van der Waals surface area contributed by atoms with Crippen LogP contribution in [0.15, 0.2) is 36.5 Å². The number of anilines is 2. The first-order chi connectivity index (χ1) is 17.3. The summed E-state index contributed by atoms with van der Waals surface area (Å²) in [5.41, 5.74) is 1.10. The van der Waals surface area contributed by atoms with Gasteiger partial charge in [-0.1, -0.05) is 18.2 Å². The second-order valence-corrected chi connectivity index (χ2v) is 9.33. The largest absolute Gasteiger partial charge is 0.573 e. The number of rotatable bonds is 10. The van der Waals surface area contributed by atoms with Crippen LogP contribution in [-0.4, -0.2) is 54.0 Å². The maximum Gasteiger partial charge on any atom is 0.573 e. The second-order valence-electron chi connectivity index (χ2n) is 9.33. The summed E-state index contributed by atoms with van der Waals surface area (Å²) in [6, 6.07) is 8.28. The number of nitrogens with one attached hydrogen (secondary N) is 2. The zero-order chi connectivity index (χ0) is 25.5. The highest BCUT2D eigenvalue weighted by molar-refractivity contribution is 5.65. The van der Waals surface area contributed by atoms with Crippen LogP contribution in [0.5, 0.6) is 5.75 Å². The molecule has 196 valence electrons. The summed E-state index contributed by atoms with van der Waals surface area (Å²) in [4.78, 5) is 24.3. The summed E-state index contributed by atoms with van der Waals surface area (Å²) in [5, 5.41) is 6.40. The van der Waals surface area contributed by atoms with Gasteiger partial charge in [-0.05, 0) is 63.6 Å². The van der Waals surface area contributed by atoms with Crippen molar-refractivity contribution in [3.05, 3.63) is 47.0 Å². The van der Waals surface area contributed by atoms with Crippen molar-refractivity contribution >= 4 is 17.2 Å². The minimum absolute atomic E-state index is 0.0594. The molecule has 2 N–H and O–H groups in total. The first-order valence-corrected chi connectivity index (χ1v) is 12.4. The summed E-state index contributed by atoms with van der Waals surface area (Å²) >= 11 is 0. The molecule has 1 aliphatic carbocycles. The van der Waals surface area contributed by atoms with Gasteiger partial charge in [0, 0.05) is 30.8 Å². The number of halogens is 3. The van der Waals surface area contributed by atoms with Gasteiger partial charge in [0.1, 0.15) is 23.5 Å². The highest BCUT2D eigenvalue weighted by Gasteiger charge is 2.32.